The highest BCUT2D eigenvalue weighted by atomic mass is 15.6. The Labute approximate surface area is 219 Å². The third-order valence-corrected chi connectivity index (χ3v) is 6.93. The molecule has 1 atom stereocenters. The second kappa shape index (κ2) is 11.8. The van der Waals surface area contributed by atoms with Crippen LogP contribution in [-0.2, 0) is 13.1 Å². The lowest BCUT2D eigenvalue weighted by molar-refractivity contribution is -0.962. The fourth-order valence-electron chi connectivity index (χ4n) is 5.29. The predicted molar refractivity (Wildman–Crippen MR) is 147 cm³/mol. The van der Waals surface area contributed by atoms with Gasteiger partial charge in [-0.1, -0.05) is 135 Å². The standard InChI is InChI=1S/C32H33N5/c1-25(2)30(36(23-26-15-7-3-8-16-26)24-27-17-9-4-10-18-27)32-33-34-35-37(32)31(28-19-11-5-12-20-28)29-21-13-6-14-22-29/h3-22,25,30-31H,23-24H2,1-2H3/p+1/t30-/m1/s1. The molecule has 1 N–H and O–H groups in total. The van der Waals surface area contributed by atoms with E-state index in [4.69, 9.17) is 5.10 Å². The largest absolute Gasteiger partial charge is 0.318 e. The summed E-state index contributed by atoms with van der Waals surface area (Å²) in [6, 6.07) is 42.5. The van der Waals surface area contributed by atoms with Crippen molar-refractivity contribution in [3.05, 3.63) is 149 Å². The van der Waals surface area contributed by atoms with Crippen LogP contribution in [0.3, 0.4) is 0 Å². The van der Waals surface area contributed by atoms with Crippen molar-refractivity contribution in [1.29, 1.82) is 0 Å². The van der Waals surface area contributed by atoms with Crippen LogP contribution in [0.1, 0.15) is 54.0 Å². The van der Waals surface area contributed by atoms with Gasteiger partial charge in [-0.25, -0.2) is 4.68 Å². The van der Waals surface area contributed by atoms with Crippen LogP contribution in [0.2, 0.25) is 0 Å². The van der Waals surface area contributed by atoms with Crippen molar-refractivity contribution in [3.8, 4) is 0 Å². The monoisotopic (exact) mass is 488 g/mol. The SMILES string of the molecule is CC(C)[C@H](c1nnnn1C(c1ccccc1)c1ccccc1)[NH+](Cc1ccccc1)Cc1ccccc1. The summed E-state index contributed by atoms with van der Waals surface area (Å²) in [6.45, 7) is 6.32. The van der Waals surface area contributed by atoms with Gasteiger partial charge in [-0.3, -0.25) is 0 Å². The smallest absolute Gasteiger partial charge is 0.210 e. The third kappa shape index (κ3) is 5.84. The Morgan fingerprint density at radius 1 is 0.622 bits per heavy atom. The summed E-state index contributed by atoms with van der Waals surface area (Å²) >= 11 is 0. The normalized spacial score (nSPS) is 12.4. The van der Waals surface area contributed by atoms with Crippen LogP contribution in [-0.4, -0.2) is 20.2 Å². The lowest BCUT2D eigenvalue weighted by atomic mass is 9.96. The second-order valence-electron chi connectivity index (χ2n) is 9.91. The molecule has 0 saturated heterocycles. The Balaban J connectivity index is 1.60. The maximum atomic E-state index is 4.69. The number of hydrogen-bond donors (Lipinski definition) is 1. The van der Waals surface area contributed by atoms with E-state index < -0.39 is 0 Å². The average Bonchev–Trinajstić information content (AvgIpc) is 3.39. The number of quaternary nitrogens is 1. The Hall–Kier alpha value is -4.09. The molecular formula is C32H34N5+. The van der Waals surface area contributed by atoms with Gasteiger partial charge in [0.25, 0.3) is 0 Å². The van der Waals surface area contributed by atoms with Crippen LogP contribution >= 0.6 is 0 Å². The van der Waals surface area contributed by atoms with Crippen molar-refractivity contribution in [2.24, 2.45) is 5.92 Å². The molecule has 1 aromatic heterocycles. The Bertz CT molecular complexity index is 1270. The van der Waals surface area contributed by atoms with Gasteiger partial charge in [0.1, 0.15) is 19.1 Å². The van der Waals surface area contributed by atoms with Crippen molar-refractivity contribution in [3.63, 3.8) is 0 Å². The average molecular weight is 489 g/mol. The Morgan fingerprint density at radius 2 is 1.05 bits per heavy atom. The molecule has 0 radical (unpaired) electrons. The molecule has 0 amide bonds. The molecular weight excluding hydrogens is 454 g/mol. The first-order valence-electron chi connectivity index (χ1n) is 13.0. The van der Waals surface area contributed by atoms with Gasteiger partial charge >= 0.3 is 0 Å². The number of benzene rings is 4. The van der Waals surface area contributed by atoms with Gasteiger partial charge < -0.3 is 4.90 Å². The number of rotatable bonds is 10. The number of nitrogens with zero attached hydrogens (tertiary/aromatic N) is 4. The lowest BCUT2D eigenvalue weighted by Gasteiger charge is -2.32. The predicted octanol–water partition coefficient (Wildman–Crippen LogP) is 5.29. The second-order valence-corrected chi connectivity index (χ2v) is 9.91. The molecule has 5 heteroatoms. The highest BCUT2D eigenvalue weighted by Crippen LogP contribution is 2.29. The van der Waals surface area contributed by atoms with Gasteiger partial charge in [0.15, 0.2) is 6.04 Å². The summed E-state index contributed by atoms with van der Waals surface area (Å²) in [5.41, 5.74) is 4.94. The quantitative estimate of drug-likeness (QED) is 0.290. The summed E-state index contributed by atoms with van der Waals surface area (Å²) < 4.78 is 2.05. The molecule has 5 rings (SSSR count). The van der Waals surface area contributed by atoms with E-state index >= 15 is 0 Å². The molecule has 0 bridgehead atoms. The van der Waals surface area contributed by atoms with Crippen LogP contribution in [0.25, 0.3) is 0 Å². The van der Waals surface area contributed by atoms with Crippen molar-refractivity contribution >= 4 is 0 Å². The number of nitrogens with one attached hydrogen (secondary N) is 1. The van der Waals surface area contributed by atoms with Crippen molar-refractivity contribution in [2.75, 3.05) is 0 Å². The molecule has 0 aliphatic heterocycles. The fraction of sp³-hybridized carbons (Fsp3) is 0.219. The topological polar surface area (TPSA) is 48.0 Å². The van der Waals surface area contributed by atoms with Crippen LogP contribution in [0, 0.1) is 5.92 Å². The van der Waals surface area contributed by atoms with Crippen LogP contribution < -0.4 is 4.90 Å². The van der Waals surface area contributed by atoms with E-state index in [0.717, 1.165) is 30.0 Å². The number of hydrogen-bond acceptors (Lipinski definition) is 3. The first-order valence-corrected chi connectivity index (χ1v) is 13.0. The van der Waals surface area contributed by atoms with E-state index in [2.05, 4.69) is 146 Å². The highest BCUT2D eigenvalue weighted by molar-refractivity contribution is 5.32. The maximum absolute atomic E-state index is 4.69. The van der Waals surface area contributed by atoms with Crippen LogP contribution in [0.5, 0.6) is 0 Å². The summed E-state index contributed by atoms with van der Waals surface area (Å²) in [5, 5.41) is 13.5. The molecule has 0 aliphatic rings. The minimum atomic E-state index is -0.108. The molecule has 1 heterocycles. The number of aromatic nitrogens is 4. The van der Waals surface area contributed by atoms with E-state index in [9.17, 15) is 0 Å². The molecule has 5 aromatic rings. The molecule has 0 aliphatic carbocycles. The molecule has 0 saturated carbocycles. The minimum absolute atomic E-state index is 0.0883. The molecule has 0 unspecified atom stereocenters. The van der Waals surface area contributed by atoms with E-state index in [1.54, 1.807) is 0 Å². The number of tetrazole rings is 1. The zero-order chi connectivity index (χ0) is 25.5. The summed E-state index contributed by atoms with van der Waals surface area (Å²) in [5.74, 6) is 1.23. The molecule has 37 heavy (non-hydrogen) atoms. The van der Waals surface area contributed by atoms with Crippen LogP contribution in [0.4, 0.5) is 0 Å². The van der Waals surface area contributed by atoms with Gasteiger partial charge in [0.2, 0.25) is 5.82 Å². The van der Waals surface area contributed by atoms with Gasteiger partial charge in [-0.15, -0.1) is 5.10 Å². The summed E-state index contributed by atoms with van der Waals surface area (Å²) in [7, 11) is 0. The fourth-order valence-corrected chi connectivity index (χ4v) is 5.29. The van der Waals surface area contributed by atoms with Gasteiger partial charge in [-0.2, -0.15) is 0 Å². The van der Waals surface area contributed by atoms with E-state index in [1.165, 1.54) is 16.0 Å². The zero-order valence-electron chi connectivity index (χ0n) is 21.5. The lowest BCUT2D eigenvalue weighted by Crippen LogP contribution is -3.10. The van der Waals surface area contributed by atoms with Crippen molar-refractivity contribution < 1.29 is 4.90 Å². The highest BCUT2D eigenvalue weighted by Gasteiger charge is 2.35. The van der Waals surface area contributed by atoms with Crippen LogP contribution in [0.15, 0.2) is 121 Å². The van der Waals surface area contributed by atoms with E-state index in [-0.39, 0.29) is 12.1 Å². The Kier molecular flexibility index (Phi) is 7.82. The molecule has 0 fully saturated rings. The molecule has 186 valence electrons. The maximum Gasteiger partial charge on any atom is 0.210 e. The Morgan fingerprint density at radius 3 is 1.49 bits per heavy atom. The van der Waals surface area contributed by atoms with E-state index in [0.29, 0.717) is 5.92 Å². The molecule has 4 aromatic carbocycles. The van der Waals surface area contributed by atoms with Crippen molar-refractivity contribution in [1.82, 2.24) is 20.2 Å². The minimum Gasteiger partial charge on any atom is -0.318 e. The van der Waals surface area contributed by atoms with Gasteiger partial charge in [0.05, 0.1) is 0 Å². The molecule has 5 nitrogen and oxygen atoms in total. The first kappa shape index (κ1) is 24.6. The summed E-state index contributed by atoms with van der Waals surface area (Å²) in [6.07, 6.45) is 0. The molecule has 0 spiro atoms. The van der Waals surface area contributed by atoms with E-state index in [1.807, 2.05) is 4.68 Å². The summed E-state index contributed by atoms with van der Waals surface area (Å²) in [4.78, 5) is 1.42. The first-order chi connectivity index (χ1) is 18.2. The third-order valence-electron chi connectivity index (χ3n) is 6.93. The van der Waals surface area contributed by atoms with Gasteiger partial charge in [-0.05, 0) is 21.6 Å². The van der Waals surface area contributed by atoms with Crippen molar-refractivity contribution in [2.45, 2.75) is 39.0 Å². The van der Waals surface area contributed by atoms with Gasteiger partial charge in [0, 0.05) is 17.0 Å². The zero-order valence-corrected chi connectivity index (χ0v) is 21.5.